The van der Waals surface area contributed by atoms with E-state index >= 15 is 0 Å². The maximum Gasteiger partial charge on any atom is 0.0717 e. The maximum absolute atomic E-state index is 5.63. The van der Waals surface area contributed by atoms with Crippen LogP contribution < -0.4 is 0 Å². The number of ether oxygens (including phenoxy) is 1. The molecule has 0 aliphatic carbocycles. The summed E-state index contributed by atoms with van der Waals surface area (Å²) in [5, 5.41) is 4.79. The Morgan fingerprint density at radius 3 is 2.75 bits per heavy atom. The molecule has 2 bridgehead atoms. The Bertz CT molecular complexity index is 155. The minimum atomic E-state index is 0.504. The Morgan fingerprint density at radius 1 is 1.50 bits per heavy atom. The average molecular weight is 170 g/mol. The van der Waals surface area contributed by atoms with E-state index in [1.165, 1.54) is 12.8 Å². The molecule has 3 heteroatoms. The molecule has 12 heavy (non-hydrogen) atoms. The van der Waals surface area contributed by atoms with Gasteiger partial charge in [-0.05, 0) is 12.8 Å². The van der Waals surface area contributed by atoms with Gasteiger partial charge in [0, 0.05) is 26.2 Å². The molecule has 2 atom stereocenters. The van der Waals surface area contributed by atoms with Crippen molar-refractivity contribution in [2.24, 2.45) is 0 Å². The zero-order valence-electron chi connectivity index (χ0n) is 7.99. The van der Waals surface area contributed by atoms with Crippen molar-refractivity contribution >= 4 is 0 Å². The average Bonchev–Trinajstić information content (AvgIpc) is 2.18. The first-order valence-electron chi connectivity index (χ1n) is 4.90. The lowest BCUT2D eigenvalue weighted by atomic mass is 9.99. The van der Waals surface area contributed by atoms with E-state index in [2.05, 4.69) is 24.0 Å². The second-order valence-corrected chi connectivity index (χ2v) is 3.78. The highest BCUT2D eigenvalue weighted by Gasteiger charge is 2.35. The summed E-state index contributed by atoms with van der Waals surface area (Å²) in [5.41, 5.74) is 0. The van der Waals surface area contributed by atoms with Crippen LogP contribution in [0.2, 0.25) is 0 Å². The first kappa shape index (κ1) is 8.48. The predicted molar refractivity (Wildman–Crippen MR) is 47.8 cm³/mol. The van der Waals surface area contributed by atoms with Crippen molar-refractivity contribution in [3.8, 4) is 0 Å². The zero-order chi connectivity index (χ0) is 8.55. The highest BCUT2D eigenvalue weighted by atomic mass is 16.5. The third kappa shape index (κ3) is 1.37. The molecule has 0 aromatic rings. The second kappa shape index (κ2) is 3.32. The number of piperidine rings is 1. The van der Waals surface area contributed by atoms with E-state index in [0.29, 0.717) is 12.1 Å². The monoisotopic (exact) mass is 170 g/mol. The molecule has 0 amide bonds. The van der Waals surface area contributed by atoms with Crippen molar-refractivity contribution in [3.05, 3.63) is 0 Å². The van der Waals surface area contributed by atoms with E-state index < -0.39 is 0 Å². The van der Waals surface area contributed by atoms with E-state index in [0.717, 1.165) is 19.7 Å². The van der Waals surface area contributed by atoms with Gasteiger partial charge in [-0.15, -0.1) is 0 Å². The molecule has 3 nitrogen and oxygen atoms in total. The molecule has 0 N–H and O–H groups in total. The van der Waals surface area contributed by atoms with E-state index in [1.807, 2.05) is 0 Å². The van der Waals surface area contributed by atoms with Crippen LogP contribution >= 0.6 is 0 Å². The van der Waals surface area contributed by atoms with Crippen LogP contribution in [0.15, 0.2) is 0 Å². The molecule has 70 valence electrons. The second-order valence-electron chi connectivity index (χ2n) is 3.78. The number of hydrogen-bond acceptors (Lipinski definition) is 3. The van der Waals surface area contributed by atoms with E-state index in [1.54, 1.807) is 0 Å². The summed E-state index contributed by atoms with van der Waals surface area (Å²) in [6.45, 7) is 5.34. The lowest BCUT2D eigenvalue weighted by Crippen LogP contribution is -2.59. The maximum atomic E-state index is 5.63. The lowest BCUT2D eigenvalue weighted by Gasteiger charge is -2.48. The van der Waals surface area contributed by atoms with Crippen LogP contribution in [0.3, 0.4) is 0 Å². The summed E-state index contributed by atoms with van der Waals surface area (Å²) in [6, 6.07) is 0.653. The Morgan fingerprint density at radius 2 is 2.33 bits per heavy atom. The lowest BCUT2D eigenvalue weighted by molar-refractivity contribution is -0.178. The Labute approximate surface area is 74.3 Å². The SMILES string of the molecule is CCN(C)N1CC2CCC1CO2. The minimum Gasteiger partial charge on any atom is -0.375 e. The van der Waals surface area contributed by atoms with E-state index in [-0.39, 0.29) is 0 Å². The van der Waals surface area contributed by atoms with Gasteiger partial charge >= 0.3 is 0 Å². The molecule has 3 fully saturated rings. The normalized spacial score (nSPS) is 36.2. The molecule has 3 saturated heterocycles. The standard InChI is InChI=1S/C9H18N2O/c1-3-10(2)11-6-9-5-4-8(11)7-12-9/h8-9H,3-7H2,1-2H3. The number of hydrazine groups is 1. The van der Waals surface area contributed by atoms with Gasteiger partial charge in [0.15, 0.2) is 0 Å². The van der Waals surface area contributed by atoms with Gasteiger partial charge in [-0.2, -0.15) is 0 Å². The number of fused-ring (bicyclic) bond motifs is 3. The van der Waals surface area contributed by atoms with Crippen LogP contribution in [0, 0.1) is 0 Å². The topological polar surface area (TPSA) is 15.7 Å². The number of rotatable bonds is 2. The Hall–Kier alpha value is -0.120. The largest absolute Gasteiger partial charge is 0.375 e. The molecular formula is C9H18N2O. The van der Waals surface area contributed by atoms with Crippen LogP contribution in [0.5, 0.6) is 0 Å². The quantitative estimate of drug-likeness (QED) is 0.607. The van der Waals surface area contributed by atoms with E-state index in [9.17, 15) is 0 Å². The van der Waals surface area contributed by atoms with Gasteiger partial charge in [-0.1, -0.05) is 6.92 Å². The smallest absolute Gasteiger partial charge is 0.0717 e. The molecule has 2 unspecified atom stereocenters. The molecule has 0 radical (unpaired) electrons. The molecule has 3 rings (SSSR count). The fourth-order valence-corrected chi connectivity index (χ4v) is 2.13. The van der Waals surface area contributed by atoms with Crippen LogP contribution in [-0.4, -0.2) is 48.9 Å². The Kier molecular flexibility index (Phi) is 2.35. The predicted octanol–water partition coefficient (Wildman–Crippen LogP) is 0.716. The zero-order valence-corrected chi connectivity index (χ0v) is 7.99. The van der Waals surface area contributed by atoms with Crippen molar-refractivity contribution < 1.29 is 4.74 Å². The van der Waals surface area contributed by atoms with Crippen LogP contribution in [0.4, 0.5) is 0 Å². The fourth-order valence-electron chi connectivity index (χ4n) is 2.13. The highest BCUT2D eigenvalue weighted by molar-refractivity contribution is 4.85. The van der Waals surface area contributed by atoms with Gasteiger partial charge in [-0.25, -0.2) is 10.0 Å². The third-order valence-electron chi connectivity index (χ3n) is 3.05. The summed E-state index contributed by atoms with van der Waals surface area (Å²) in [5.74, 6) is 0. The van der Waals surface area contributed by atoms with Crippen molar-refractivity contribution in [1.29, 1.82) is 0 Å². The van der Waals surface area contributed by atoms with Crippen LogP contribution in [0.1, 0.15) is 19.8 Å². The fraction of sp³-hybridized carbons (Fsp3) is 1.00. The molecule has 0 saturated carbocycles. The third-order valence-corrected chi connectivity index (χ3v) is 3.05. The molecule has 3 heterocycles. The summed E-state index contributed by atoms with van der Waals surface area (Å²) < 4.78 is 5.63. The highest BCUT2D eigenvalue weighted by Crippen LogP contribution is 2.26. The van der Waals surface area contributed by atoms with E-state index in [4.69, 9.17) is 4.74 Å². The van der Waals surface area contributed by atoms with Gasteiger partial charge in [0.1, 0.15) is 0 Å². The van der Waals surface area contributed by atoms with Crippen LogP contribution in [0.25, 0.3) is 0 Å². The van der Waals surface area contributed by atoms with Crippen molar-refractivity contribution in [1.82, 2.24) is 10.0 Å². The van der Waals surface area contributed by atoms with Gasteiger partial charge in [0.25, 0.3) is 0 Å². The molecule has 0 aromatic heterocycles. The summed E-state index contributed by atoms with van der Waals surface area (Å²) in [6.07, 6.45) is 3.08. The summed E-state index contributed by atoms with van der Waals surface area (Å²) in [7, 11) is 2.17. The molecular weight excluding hydrogens is 152 g/mol. The van der Waals surface area contributed by atoms with Crippen molar-refractivity contribution in [2.75, 3.05) is 26.7 Å². The van der Waals surface area contributed by atoms with Gasteiger partial charge in [-0.3, -0.25) is 0 Å². The molecule has 3 aliphatic heterocycles. The number of nitrogens with zero attached hydrogens (tertiary/aromatic N) is 2. The minimum absolute atomic E-state index is 0.504. The Balaban J connectivity index is 1.99. The molecule has 0 aromatic carbocycles. The molecule has 3 aliphatic rings. The summed E-state index contributed by atoms with van der Waals surface area (Å²) in [4.78, 5) is 0. The van der Waals surface area contributed by atoms with Crippen LogP contribution in [-0.2, 0) is 4.74 Å². The van der Waals surface area contributed by atoms with Crippen molar-refractivity contribution in [3.63, 3.8) is 0 Å². The van der Waals surface area contributed by atoms with Gasteiger partial charge < -0.3 is 4.74 Å². The van der Waals surface area contributed by atoms with Gasteiger partial charge in [0.2, 0.25) is 0 Å². The number of morpholine rings is 1. The number of hydrogen-bond donors (Lipinski definition) is 0. The molecule has 0 spiro atoms. The van der Waals surface area contributed by atoms with Crippen molar-refractivity contribution in [2.45, 2.75) is 31.9 Å². The first-order chi connectivity index (χ1) is 5.81. The van der Waals surface area contributed by atoms with Gasteiger partial charge in [0.05, 0.1) is 12.7 Å². The first-order valence-corrected chi connectivity index (χ1v) is 4.90. The summed E-state index contributed by atoms with van der Waals surface area (Å²) >= 11 is 0.